The number of carbonyl (C=O) groups is 2. The van der Waals surface area contributed by atoms with E-state index in [1.165, 1.54) is 57.8 Å². The van der Waals surface area contributed by atoms with Gasteiger partial charge in [-0.25, -0.2) is 4.57 Å². The number of hydrogen-bond donors (Lipinski definition) is 3. The van der Waals surface area contributed by atoms with Crippen molar-refractivity contribution in [2.24, 2.45) is 5.92 Å². The van der Waals surface area contributed by atoms with E-state index in [0.717, 1.165) is 38.0 Å². The molecule has 0 rings (SSSR count). The maximum absolute atomic E-state index is 12.3. The van der Waals surface area contributed by atoms with Gasteiger partial charge in [0, 0.05) is 12.8 Å². The van der Waals surface area contributed by atoms with Gasteiger partial charge in [-0.1, -0.05) is 140 Å². The zero-order chi connectivity index (χ0) is 35.7. The molecule has 0 aliphatic rings. The molecule has 0 radical (unpaired) electrons. The highest BCUT2D eigenvalue weighted by Crippen LogP contribution is 2.36. The van der Waals surface area contributed by atoms with Crippen LogP contribution in [-0.2, 0) is 28.2 Å². The lowest BCUT2D eigenvalue weighted by atomic mass is 10.0. The molecule has 0 aliphatic heterocycles. The van der Waals surface area contributed by atoms with Crippen molar-refractivity contribution < 1.29 is 43.0 Å². The topological polar surface area (TPSA) is 140 Å². The number of phosphoric ester groups is 1. The Morgan fingerprint density at radius 1 is 0.708 bits per heavy atom. The number of ether oxygens (including phenoxy) is 2. The molecule has 278 valence electrons. The Labute approximate surface area is 291 Å². The number of esters is 2. The van der Waals surface area contributed by atoms with Crippen LogP contribution in [0.25, 0.3) is 0 Å². The van der Waals surface area contributed by atoms with Gasteiger partial charge in [-0.3, -0.25) is 14.1 Å². The molecule has 0 aromatic rings. The lowest BCUT2D eigenvalue weighted by Crippen LogP contribution is -2.29. The average Bonchev–Trinajstić information content (AvgIpc) is 3.03. The first-order chi connectivity index (χ1) is 23.0. The summed E-state index contributed by atoms with van der Waals surface area (Å²) >= 11 is 0. The number of rotatable bonds is 32. The van der Waals surface area contributed by atoms with Gasteiger partial charge in [-0.05, 0) is 50.9 Å². The monoisotopic (exact) mass is 698 g/mol. The van der Waals surface area contributed by atoms with Gasteiger partial charge in [0.05, 0.1) is 12.7 Å². The number of aliphatic hydroxyl groups excluding tert-OH is 1. The Bertz CT molecular complexity index is 952. The highest BCUT2D eigenvalue weighted by Gasteiger charge is 2.22. The molecule has 0 aromatic carbocycles. The fourth-order valence-electron chi connectivity index (χ4n) is 4.81. The summed E-state index contributed by atoms with van der Waals surface area (Å²) in [5.41, 5.74) is 0. The largest absolute Gasteiger partial charge is 0.469 e. The second-order valence-corrected chi connectivity index (χ2v) is 14.1. The van der Waals surface area contributed by atoms with Gasteiger partial charge in [0.15, 0.2) is 6.10 Å². The molecular weight excluding hydrogens is 631 g/mol. The molecule has 0 aliphatic carbocycles. The van der Waals surface area contributed by atoms with E-state index in [1.54, 1.807) is 12.2 Å². The summed E-state index contributed by atoms with van der Waals surface area (Å²) in [5, 5.41) is 10.1. The molecule has 0 fully saturated rings. The lowest BCUT2D eigenvalue weighted by molar-refractivity contribution is -0.161. The summed E-state index contributed by atoms with van der Waals surface area (Å²) in [4.78, 5) is 42.6. The van der Waals surface area contributed by atoms with E-state index in [1.807, 2.05) is 18.2 Å². The van der Waals surface area contributed by atoms with Crippen LogP contribution in [0, 0.1) is 5.92 Å². The van der Waals surface area contributed by atoms with E-state index in [-0.39, 0.29) is 19.4 Å². The van der Waals surface area contributed by atoms with Gasteiger partial charge < -0.3 is 24.4 Å². The van der Waals surface area contributed by atoms with E-state index >= 15 is 0 Å². The maximum Gasteiger partial charge on any atom is 0.469 e. The van der Waals surface area contributed by atoms with Crippen molar-refractivity contribution in [2.75, 3.05) is 13.2 Å². The zero-order valence-electron chi connectivity index (χ0n) is 30.1. The Kier molecular flexibility index (Phi) is 30.8. The van der Waals surface area contributed by atoms with E-state index in [0.29, 0.717) is 25.7 Å². The Hall–Kier alpha value is -2.03. The van der Waals surface area contributed by atoms with Crippen molar-refractivity contribution in [1.29, 1.82) is 0 Å². The fraction of sp³-hybridized carbons (Fsp3) is 0.737. The Morgan fingerprint density at radius 2 is 1.33 bits per heavy atom. The van der Waals surface area contributed by atoms with Crippen molar-refractivity contribution >= 4 is 19.8 Å². The highest BCUT2D eigenvalue weighted by molar-refractivity contribution is 7.46. The lowest BCUT2D eigenvalue weighted by Gasteiger charge is -2.18. The molecule has 0 heterocycles. The summed E-state index contributed by atoms with van der Waals surface area (Å²) in [6.07, 6.45) is 33.0. The van der Waals surface area contributed by atoms with Gasteiger partial charge in [0.25, 0.3) is 0 Å². The van der Waals surface area contributed by atoms with Crippen LogP contribution in [0.5, 0.6) is 0 Å². The third kappa shape index (κ3) is 35.3. The van der Waals surface area contributed by atoms with Crippen LogP contribution in [0.3, 0.4) is 0 Å². The highest BCUT2D eigenvalue weighted by atomic mass is 31.2. The SMILES string of the molecule is CCCCC/C=C\C/C=C\CC(O)/C=C\C=C\CCCC(=O)OC[C@H](COP(=O)(O)O)OC(=O)CCCCCCCCCCCC(C)C. The first-order valence-electron chi connectivity index (χ1n) is 18.4. The molecule has 3 N–H and O–H groups in total. The van der Waals surface area contributed by atoms with Crippen LogP contribution >= 0.6 is 7.82 Å². The predicted octanol–water partition coefficient (Wildman–Crippen LogP) is 9.61. The number of phosphoric acid groups is 1. The number of carbonyl (C=O) groups excluding carboxylic acids is 2. The molecule has 0 saturated carbocycles. The number of unbranched alkanes of at least 4 members (excludes halogenated alkanes) is 12. The van der Waals surface area contributed by atoms with Crippen LogP contribution in [0.15, 0.2) is 48.6 Å². The fourth-order valence-corrected chi connectivity index (χ4v) is 5.17. The smallest absolute Gasteiger partial charge is 0.462 e. The molecule has 2 atom stereocenters. The third-order valence-corrected chi connectivity index (χ3v) is 8.09. The molecule has 0 saturated heterocycles. The van der Waals surface area contributed by atoms with Gasteiger partial charge in [0.2, 0.25) is 0 Å². The van der Waals surface area contributed by atoms with E-state index in [2.05, 4.69) is 43.5 Å². The quantitative estimate of drug-likeness (QED) is 0.0206. The van der Waals surface area contributed by atoms with Gasteiger partial charge in [-0.15, -0.1) is 0 Å². The van der Waals surface area contributed by atoms with E-state index in [9.17, 15) is 19.3 Å². The molecule has 1 unspecified atom stereocenters. The van der Waals surface area contributed by atoms with E-state index in [4.69, 9.17) is 19.3 Å². The normalized spacial score (nSPS) is 13.8. The van der Waals surface area contributed by atoms with Crippen LogP contribution < -0.4 is 0 Å². The first kappa shape index (κ1) is 46.0. The number of aliphatic hydroxyl groups is 1. The molecule has 10 heteroatoms. The average molecular weight is 699 g/mol. The standard InChI is InChI=1S/C38H67O9P/c1-4-5-6-7-8-10-14-18-23-28-35(39)29-24-19-16-21-25-30-37(40)45-32-36(33-46-48(42,43)44)47-38(41)31-26-20-15-12-9-11-13-17-22-27-34(2)3/h8,10,16,18-19,23-24,29,34-36,39H,4-7,9,11-15,17,20-22,25-28,30-33H2,1-3H3,(H2,42,43,44)/b10-8-,19-16+,23-18-,29-24-/t35?,36-/m1/s1. The van der Waals surface area contributed by atoms with Crippen LogP contribution in [0.1, 0.15) is 149 Å². The van der Waals surface area contributed by atoms with E-state index < -0.39 is 38.6 Å². The Balaban J connectivity index is 4.19. The summed E-state index contributed by atoms with van der Waals surface area (Å²) in [6, 6.07) is 0. The molecule has 0 amide bonds. The van der Waals surface area contributed by atoms with Gasteiger partial charge in [0.1, 0.15) is 6.61 Å². The molecule has 0 aromatic heterocycles. The van der Waals surface area contributed by atoms with Crippen molar-refractivity contribution in [1.82, 2.24) is 0 Å². The summed E-state index contributed by atoms with van der Waals surface area (Å²) in [5.74, 6) is -0.245. The second kappa shape index (κ2) is 32.2. The van der Waals surface area contributed by atoms with Gasteiger partial charge in [-0.2, -0.15) is 0 Å². The Morgan fingerprint density at radius 3 is 2.00 bits per heavy atom. The van der Waals surface area contributed by atoms with Gasteiger partial charge >= 0.3 is 19.8 Å². The van der Waals surface area contributed by atoms with Crippen LogP contribution in [-0.4, -0.2) is 52.3 Å². The van der Waals surface area contributed by atoms with Crippen molar-refractivity contribution in [2.45, 2.75) is 161 Å². The minimum absolute atomic E-state index is 0.131. The maximum atomic E-state index is 12.3. The summed E-state index contributed by atoms with van der Waals surface area (Å²) in [7, 11) is -4.78. The first-order valence-corrected chi connectivity index (χ1v) is 19.9. The third-order valence-electron chi connectivity index (χ3n) is 7.61. The second-order valence-electron chi connectivity index (χ2n) is 12.9. The van der Waals surface area contributed by atoms with Crippen molar-refractivity contribution in [3.63, 3.8) is 0 Å². The van der Waals surface area contributed by atoms with Crippen molar-refractivity contribution in [3.8, 4) is 0 Å². The minimum atomic E-state index is -4.78. The number of allylic oxidation sites excluding steroid dienone is 6. The van der Waals surface area contributed by atoms with Crippen LogP contribution in [0.2, 0.25) is 0 Å². The molecule has 48 heavy (non-hydrogen) atoms. The summed E-state index contributed by atoms with van der Waals surface area (Å²) in [6.45, 7) is 5.79. The molecule has 0 spiro atoms. The van der Waals surface area contributed by atoms with Crippen molar-refractivity contribution in [3.05, 3.63) is 48.6 Å². The minimum Gasteiger partial charge on any atom is -0.462 e. The van der Waals surface area contributed by atoms with Crippen LogP contribution in [0.4, 0.5) is 0 Å². The summed E-state index contributed by atoms with van der Waals surface area (Å²) < 4.78 is 26.2. The molecule has 9 nitrogen and oxygen atoms in total. The molecule has 0 bridgehead atoms. The predicted molar refractivity (Wildman–Crippen MR) is 194 cm³/mol. The zero-order valence-corrected chi connectivity index (χ0v) is 31.0. The number of hydrogen-bond acceptors (Lipinski definition) is 7. The molecular formula is C38H67O9P.